The van der Waals surface area contributed by atoms with Gasteiger partial charge in [0.15, 0.2) is 0 Å². The highest BCUT2D eigenvalue weighted by Gasteiger charge is 2.07. The SMILES string of the molecule is CCOC(=O)CCN(CC)c1ccccc1. The quantitative estimate of drug-likeness (QED) is 0.691. The van der Waals surface area contributed by atoms with E-state index in [-0.39, 0.29) is 5.97 Å². The number of ether oxygens (including phenoxy) is 1. The topological polar surface area (TPSA) is 29.5 Å². The molecule has 0 unspecified atom stereocenters. The molecule has 0 aliphatic rings. The van der Waals surface area contributed by atoms with Gasteiger partial charge < -0.3 is 9.64 Å². The van der Waals surface area contributed by atoms with E-state index in [4.69, 9.17) is 4.74 Å². The van der Waals surface area contributed by atoms with Crippen LogP contribution in [-0.2, 0) is 9.53 Å². The number of carbonyl (C=O) groups excluding carboxylic acids is 1. The van der Waals surface area contributed by atoms with E-state index in [9.17, 15) is 4.79 Å². The summed E-state index contributed by atoms with van der Waals surface area (Å²) in [7, 11) is 0. The first-order valence-electron chi connectivity index (χ1n) is 5.73. The lowest BCUT2D eigenvalue weighted by molar-refractivity contribution is -0.142. The molecule has 0 amide bonds. The van der Waals surface area contributed by atoms with Gasteiger partial charge in [-0.2, -0.15) is 0 Å². The molecule has 0 saturated carbocycles. The summed E-state index contributed by atoms with van der Waals surface area (Å²) < 4.78 is 4.91. The summed E-state index contributed by atoms with van der Waals surface area (Å²) >= 11 is 0. The molecule has 0 radical (unpaired) electrons. The third-order valence-corrected chi connectivity index (χ3v) is 2.39. The molecule has 0 N–H and O–H groups in total. The van der Waals surface area contributed by atoms with Crippen molar-refractivity contribution in [2.24, 2.45) is 0 Å². The van der Waals surface area contributed by atoms with Crippen molar-refractivity contribution in [3.63, 3.8) is 0 Å². The first-order chi connectivity index (χ1) is 7.77. The van der Waals surface area contributed by atoms with Crippen molar-refractivity contribution in [1.29, 1.82) is 0 Å². The molecule has 0 aliphatic heterocycles. The molecule has 1 aromatic carbocycles. The maximum atomic E-state index is 11.2. The van der Waals surface area contributed by atoms with E-state index in [0.29, 0.717) is 19.6 Å². The van der Waals surface area contributed by atoms with Gasteiger partial charge in [-0.15, -0.1) is 0 Å². The molecule has 3 nitrogen and oxygen atoms in total. The third-order valence-electron chi connectivity index (χ3n) is 2.39. The van der Waals surface area contributed by atoms with Gasteiger partial charge in [0.1, 0.15) is 0 Å². The summed E-state index contributed by atoms with van der Waals surface area (Å²) in [6.45, 7) is 5.96. The van der Waals surface area contributed by atoms with Crippen molar-refractivity contribution < 1.29 is 9.53 Å². The van der Waals surface area contributed by atoms with E-state index in [0.717, 1.165) is 12.2 Å². The van der Waals surface area contributed by atoms with Crippen LogP contribution in [0.1, 0.15) is 20.3 Å². The zero-order valence-corrected chi connectivity index (χ0v) is 9.98. The van der Waals surface area contributed by atoms with Crippen molar-refractivity contribution in [2.45, 2.75) is 20.3 Å². The van der Waals surface area contributed by atoms with Crippen LogP contribution in [0, 0.1) is 0 Å². The number of para-hydroxylation sites is 1. The van der Waals surface area contributed by atoms with Crippen molar-refractivity contribution in [3.05, 3.63) is 30.3 Å². The molecule has 0 spiro atoms. The second kappa shape index (κ2) is 6.88. The monoisotopic (exact) mass is 221 g/mol. The minimum absolute atomic E-state index is 0.128. The van der Waals surface area contributed by atoms with Crippen LogP contribution in [0.3, 0.4) is 0 Å². The summed E-state index contributed by atoms with van der Waals surface area (Å²) in [5.41, 5.74) is 1.15. The number of nitrogens with zero attached hydrogens (tertiary/aromatic N) is 1. The first-order valence-corrected chi connectivity index (χ1v) is 5.73. The Morgan fingerprint density at radius 1 is 1.25 bits per heavy atom. The van der Waals surface area contributed by atoms with Gasteiger partial charge in [0.25, 0.3) is 0 Å². The smallest absolute Gasteiger partial charge is 0.307 e. The standard InChI is InChI=1S/C13H19NO2/c1-3-14(11-10-13(15)16-4-2)12-8-6-5-7-9-12/h5-9H,3-4,10-11H2,1-2H3. The van der Waals surface area contributed by atoms with Gasteiger partial charge >= 0.3 is 5.97 Å². The minimum atomic E-state index is -0.128. The van der Waals surface area contributed by atoms with Gasteiger partial charge in [-0.25, -0.2) is 0 Å². The van der Waals surface area contributed by atoms with E-state index in [1.807, 2.05) is 25.1 Å². The molecular formula is C13H19NO2. The molecule has 0 saturated heterocycles. The van der Waals surface area contributed by atoms with Gasteiger partial charge in [-0.05, 0) is 26.0 Å². The molecule has 0 atom stereocenters. The average molecular weight is 221 g/mol. The number of hydrogen-bond donors (Lipinski definition) is 0. The maximum absolute atomic E-state index is 11.2. The second-order valence-corrected chi connectivity index (χ2v) is 3.47. The molecule has 1 aromatic rings. The predicted molar refractivity (Wildman–Crippen MR) is 65.6 cm³/mol. The Morgan fingerprint density at radius 3 is 2.50 bits per heavy atom. The largest absolute Gasteiger partial charge is 0.466 e. The molecule has 0 aromatic heterocycles. The fourth-order valence-corrected chi connectivity index (χ4v) is 1.57. The molecule has 0 aliphatic carbocycles. The van der Waals surface area contributed by atoms with E-state index in [1.165, 1.54) is 0 Å². The average Bonchev–Trinajstić information content (AvgIpc) is 2.31. The number of carbonyl (C=O) groups is 1. The number of benzene rings is 1. The number of anilines is 1. The minimum Gasteiger partial charge on any atom is -0.466 e. The van der Waals surface area contributed by atoms with Crippen LogP contribution in [-0.4, -0.2) is 25.7 Å². The Balaban J connectivity index is 2.47. The van der Waals surface area contributed by atoms with Crippen LogP contribution in [0.4, 0.5) is 5.69 Å². The first kappa shape index (κ1) is 12.6. The normalized spacial score (nSPS) is 9.88. The van der Waals surface area contributed by atoms with Crippen LogP contribution < -0.4 is 4.90 Å². The van der Waals surface area contributed by atoms with Gasteiger partial charge in [0.05, 0.1) is 13.0 Å². The van der Waals surface area contributed by atoms with Crippen molar-refractivity contribution in [3.8, 4) is 0 Å². The van der Waals surface area contributed by atoms with Gasteiger partial charge in [-0.1, -0.05) is 18.2 Å². The second-order valence-electron chi connectivity index (χ2n) is 3.47. The van der Waals surface area contributed by atoms with Gasteiger partial charge in [0, 0.05) is 18.8 Å². The molecule has 0 bridgehead atoms. The lowest BCUT2D eigenvalue weighted by atomic mass is 10.2. The van der Waals surface area contributed by atoms with Crippen molar-refractivity contribution in [2.75, 3.05) is 24.6 Å². The highest BCUT2D eigenvalue weighted by atomic mass is 16.5. The summed E-state index contributed by atoms with van der Waals surface area (Å²) in [6, 6.07) is 10.1. The Labute approximate surface area is 97.0 Å². The Bertz CT molecular complexity index is 311. The molecule has 0 heterocycles. The summed E-state index contributed by atoms with van der Waals surface area (Å²) in [4.78, 5) is 13.4. The molecule has 1 rings (SSSR count). The fraction of sp³-hybridized carbons (Fsp3) is 0.462. The van der Waals surface area contributed by atoms with E-state index < -0.39 is 0 Å². The highest BCUT2D eigenvalue weighted by Crippen LogP contribution is 2.12. The summed E-state index contributed by atoms with van der Waals surface area (Å²) in [5, 5.41) is 0. The molecule has 0 fully saturated rings. The Morgan fingerprint density at radius 2 is 1.94 bits per heavy atom. The molecule has 3 heteroatoms. The Hall–Kier alpha value is -1.51. The van der Waals surface area contributed by atoms with E-state index in [1.54, 1.807) is 0 Å². The maximum Gasteiger partial charge on any atom is 0.307 e. The highest BCUT2D eigenvalue weighted by molar-refractivity contribution is 5.70. The summed E-state index contributed by atoms with van der Waals surface area (Å²) in [6.07, 6.45) is 0.441. The van der Waals surface area contributed by atoms with Crippen LogP contribution >= 0.6 is 0 Å². The van der Waals surface area contributed by atoms with Crippen molar-refractivity contribution in [1.82, 2.24) is 0 Å². The summed E-state index contributed by atoms with van der Waals surface area (Å²) in [5.74, 6) is -0.128. The van der Waals surface area contributed by atoms with Crippen LogP contribution in [0.2, 0.25) is 0 Å². The van der Waals surface area contributed by atoms with Crippen LogP contribution in [0.15, 0.2) is 30.3 Å². The number of rotatable bonds is 6. The van der Waals surface area contributed by atoms with E-state index >= 15 is 0 Å². The Kier molecular flexibility index (Phi) is 5.40. The number of hydrogen-bond acceptors (Lipinski definition) is 3. The molecule has 88 valence electrons. The van der Waals surface area contributed by atoms with Gasteiger partial charge in [0.2, 0.25) is 0 Å². The van der Waals surface area contributed by atoms with Crippen molar-refractivity contribution >= 4 is 11.7 Å². The van der Waals surface area contributed by atoms with E-state index in [2.05, 4.69) is 24.0 Å². The molecule has 16 heavy (non-hydrogen) atoms. The lowest BCUT2D eigenvalue weighted by Crippen LogP contribution is -2.26. The third kappa shape index (κ3) is 3.93. The van der Waals surface area contributed by atoms with Gasteiger partial charge in [-0.3, -0.25) is 4.79 Å². The predicted octanol–water partition coefficient (Wildman–Crippen LogP) is 2.47. The zero-order chi connectivity index (χ0) is 11.8. The fourth-order valence-electron chi connectivity index (χ4n) is 1.57. The number of esters is 1. The molecular weight excluding hydrogens is 202 g/mol. The van der Waals surface area contributed by atoms with Crippen LogP contribution in [0.5, 0.6) is 0 Å². The van der Waals surface area contributed by atoms with Crippen LogP contribution in [0.25, 0.3) is 0 Å². The zero-order valence-electron chi connectivity index (χ0n) is 9.98. The lowest BCUT2D eigenvalue weighted by Gasteiger charge is -2.22.